The lowest BCUT2D eigenvalue weighted by Crippen LogP contribution is -2.32. The lowest BCUT2D eigenvalue weighted by molar-refractivity contribution is 0.222. The second-order valence-corrected chi connectivity index (χ2v) is 6.33. The third-order valence-corrected chi connectivity index (χ3v) is 4.08. The Balaban J connectivity index is 3.04. The summed E-state index contributed by atoms with van der Waals surface area (Å²) in [5.41, 5.74) is 4.18. The van der Waals surface area contributed by atoms with Gasteiger partial charge in [0.25, 0.3) is 0 Å². The molecule has 0 aliphatic rings. The van der Waals surface area contributed by atoms with Gasteiger partial charge in [-0.25, -0.2) is 0 Å². The molecule has 114 valence electrons. The van der Waals surface area contributed by atoms with Crippen LogP contribution in [0.3, 0.4) is 0 Å². The smallest absolute Gasteiger partial charge is 0.123 e. The quantitative estimate of drug-likeness (QED) is 0.620. The minimum Gasteiger partial charge on any atom is -0.497 e. The van der Waals surface area contributed by atoms with Gasteiger partial charge in [-0.15, -0.1) is 0 Å². The van der Waals surface area contributed by atoms with Gasteiger partial charge in [0, 0.05) is 5.56 Å². The largest absolute Gasteiger partial charge is 0.497 e. The van der Waals surface area contributed by atoms with E-state index >= 15 is 0 Å². The highest BCUT2D eigenvalue weighted by Gasteiger charge is 2.25. The second-order valence-electron chi connectivity index (χ2n) is 6.33. The van der Waals surface area contributed by atoms with Crippen LogP contribution in [0.1, 0.15) is 45.7 Å². The average molecular weight is 280 g/mol. The number of ether oxygens (including phenoxy) is 2. The fourth-order valence-electron chi connectivity index (χ4n) is 2.10. The lowest BCUT2D eigenvalue weighted by Gasteiger charge is -2.31. The summed E-state index contributed by atoms with van der Waals surface area (Å²) in [5, 5.41) is 0. The van der Waals surface area contributed by atoms with E-state index in [1.54, 1.807) is 14.2 Å². The topological polar surface area (TPSA) is 56.5 Å². The van der Waals surface area contributed by atoms with Gasteiger partial charge < -0.3 is 9.47 Å². The van der Waals surface area contributed by atoms with E-state index in [4.69, 9.17) is 15.3 Å². The van der Waals surface area contributed by atoms with Crippen LogP contribution in [0.25, 0.3) is 0 Å². The highest BCUT2D eigenvalue weighted by molar-refractivity contribution is 5.42. The molecule has 1 rings (SSSR count). The number of nitrogens with two attached hydrogens (primary N) is 1. The molecule has 20 heavy (non-hydrogen) atoms. The molecule has 0 spiro atoms. The first-order valence-corrected chi connectivity index (χ1v) is 7.01. The number of hydrogen-bond donors (Lipinski definition) is 2. The summed E-state index contributed by atoms with van der Waals surface area (Å²) < 4.78 is 10.7. The Morgan fingerprint density at radius 2 is 1.85 bits per heavy atom. The summed E-state index contributed by atoms with van der Waals surface area (Å²) in [7, 11) is 3.33. The van der Waals surface area contributed by atoms with E-state index in [1.807, 2.05) is 18.2 Å². The maximum atomic E-state index is 5.77. The van der Waals surface area contributed by atoms with Crippen molar-refractivity contribution in [3.63, 3.8) is 0 Å². The number of nitrogens with one attached hydrogen (secondary N) is 1. The van der Waals surface area contributed by atoms with Gasteiger partial charge in [0.1, 0.15) is 11.5 Å². The summed E-state index contributed by atoms with van der Waals surface area (Å²) in [6.45, 7) is 8.98. The van der Waals surface area contributed by atoms with Crippen LogP contribution in [0.2, 0.25) is 0 Å². The molecule has 0 aliphatic carbocycles. The van der Waals surface area contributed by atoms with E-state index in [9.17, 15) is 0 Å². The fraction of sp³-hybridized carbons (Fsp3) is 0.625. The van der Waals surface area contributed by atoms with Gasteiger partial charge in [-0.3, -0.25) is 11.3 Å². The molecule has 0 fully saturated rings. The van der Waals surface area contributed by atoms with Crippen LogP contribution in [0.4, 0.5) is 0 Å². The van der Waals surface area contributed by atoms with Crippen LogP contribution in [-0.4, -0.2) is 14.2 Å². The Morgan fingerprint density at radius 3 is 2.30 bits per heavy atom. The number of benzene rings is 1. The number of hydrogen-bond acceptors (Lipinski definition) is 4. The number of methoxy groups -OCH3 is 2. The van der Waals surface area contributed by atoms with Gasteiger partial charge in [-0.2, -0.15) is 0 Å². The van der Waals surface area contributed by atoms with Crippen molar-refractivity contribution >= 4 is 0 Å². The Morgan fingerprint density at radius 1 is 1.20 bits per heavy atom. The molecular weight excluding hydrogens is 252 g/mol. The third-order valence-electron chi connectivity index (χ3n) is 4.08. The van der Waals surface area contributed by atoms with E-state index in [0.29, 0.717) is 5.92 Å². The summed E-state index contributed by atoms with van der Waals surface area (Å²) in [6.07, 6.45) is 0.934. The molecule has 0 aliphatic heterocycles. The average Bonchev–Trinajstić information content (AvgIpc) is 2.42. The fourth-order valence-corrected chi connectivity index (χ4v) is 2.10. The van der Waals surface area contributed by atoms with Gasteiger partial charge in [0.15, 0.2) is 0 Å². The van der Waals surface area contributed by atoms with E-state index in [0.717, 1.165) is 23.5 Å². The monoisotopic (exact) mass is 280 g/mol. The van der Waals surface area contributed by atoms with Crippen LogP contribution >= 0.6 is 0 Å². The first-order valence-electron chi connectivity index (χ1n) is 7.01. The van der Waals surface area contributed by atoms with Crippen LogP contribution in [0, 0.1) is 11.3 Å². The minimum atomic E-state index is 0.0364. The highest BCUT2D eigenvalue weighted by atomic mass is 16.5. The lowest BCUT2D eigenvalue weighted by atomic mass is 9.77. The molecule has 3 N–H and O–H groups in total. The maximum absolute atomic E-state index is 5.77. The van der Waals surface area contributed by atoms with Crippen LogP contribution in [-0.2, 0) is 0 Å². The molecule has 0 amide bonds. The van der Waals surface area contributed by atoms with Crippen molar-refractivity contribution in [2.45, 2.75) is 40.2 Å². The van der Waals surface area contributed by atoms with Crippen molar-refractivity contribution in [2.24, 2.45) is 17.2 Å². The molecular formula is C16H28N2O2. The van der Waals surface area contributed by atoms with Gasteiger partial charge in [0.05, 0.1) is 20.3 Å². The second kappa shape index (κ2) is 6.95. The van der Waals surface area contributed by atoms with E-state index < -0.39 is 0 Å². The Hall–Kier alpha value is -1.26. The Labute approximate surface area is 122 Å². The summed E-state index contributed by atoms with van der Waals surface area (Å²) >= 11 is 0. The van der Waals surface area contributed by atoms with Crippen molar-refractivity contribution in [3.8, 4) is 11.5 Å². The summed E-state index contributed by atoms with van der Waals surface area (Å²) in [6, 6.07) is 5.83. The van der Waals surface area contributed by atoms with Gasteiger partial charge in [-0.1, -0.05) is 27.7 Å². The molecule has 1 aromatic rings. The van der Waals surface area contributed by atoms with Crippen molar-refractivity contribution < 1.29 is 9.47 Å². The normalized spacial score (nSPS) is 14.8. The first-order chi connectivity index (χ1) is 9.33. The predicted octanol–water partition coefficient (Wildman–Crippen LogP) is 3.28. The zero-order chi connectivity index (χ0) is 15.3. The number of hydrazine groups is 1. The molecule has 0 radical (unpaired) electrons. The van der Waals surface area contributed by atoms with Gasteiger partial charge >= 0.3 is 0 Å². The Bertz CT molecular complexity index is 427. The molecule has 0 saturated carbocycles. The maximum Gasteiger partial charge on any atom is 0.123 e. The van der Waals surface area contributed by atoms with E-state index in [-0.39, 0.29) is 11.5 Å². The molecule has 4 heteroatoms. The van der Waals surface area contributed by atoms with Crippen molar-refractivity contribution in [3.05, 3.63) is 23.8 Å². The molecule has 0 heterocycles. The summed E-state index contributed by atoms with van der Waals surface area (Å²) in [4.78, 5) is 0. The SMILES string of the molecule is COc1ccc(OC)c(C(CC(C)C(C)(C)C)NN)c1. The van der Waals surface area contributed by atoms with E-state index in [2.05, 4.69) is 33.1 Å². The van der Waals surface area contributed by atoms with Crippen LogP contribution < -0.4 is 20.7 Å². The zero-order valence-electron chi connectivity index (χ0n) is 13.5. The predicted molar refractivity (Wildman–Crippen MR) is 82.8 cm³/mol. The highest BCUT2D eigenvalue weighted by Crippen LogP contribution is 2.37. The van der Waals surface area contributed by atoms with E-state index in [1.165, 1.54) is 0 Å². The first kappa shape index (κ1) is 16.8. The Kier molecular flexibility index (Phi) is 5.84. The zero-order valence-corrected chi connectivity index (χ0v) is 13.5. The standard InChI is InChI=1S/C16H28N2O2/c1-11(16(2,3)4)9-14(18-17)13-10-12(19-5)7-8-15(13)20-6/h7-8,10-11,14,18H,9,17H2,1-6H3. The van der Waals surface area contributed by atoms with Crippen molar-refractivity contribution in [1.82, 2.24) is 5.43 Å². The van der Waals surface area contributed by atoms with Crippen LogP contribution in [0.5, 0.6) is 11.5 Å². The van der Waals surface area contributed by atoms with Crippen molar-refractivity contribution in [1.29, 1.82) is 0 Å². The molecule has 0 aromatic heterocycles. The number of rotatable bonds is 6. The molecule has 0 saturated heterocycles. The molecule has 4 nitrogen and oxygen atoms in total. The van der Waals surface area contributed by atoms with Gasteiger partial charge in [-0.05, 0) is 36.0 Å². The van der Waals surface area contributed by atoms with Crippen molar-refractivity contribution in [2.75, 3.05) is 14.2 Å². The third kappa shape index (κ3) is 4.12. The van der Waals surface area contributed by atoms with Gasteiger partial charge in [0.2, 0.25) is 0 Å². The molecule has 2 unspecified atom stereocenters. The molecule has 1 aromatic carbocycles. The summed E-state index contributed by atoms with van der Waals surface area (Å²) in [5.74, 6) is 7.92. The van der Waals surface area contributed by atoms with Crippen LogP contribution in [0.15, 0.2) is 18.2 Å². The molecule has 0 bridgehead atoms. The molecule has 2 atom stereocenters. The minimum absolute atomic E-state index is 0.0364.